The molecule has 1 heterocycles. The van der Waals surface area contributed by atoms with Crippen molar-refractivity contribution in [2.24, 2.45) is 0 Å². The number of halogens is 2. The van der Waals surface area contributed by atoms with Gasteiger partial charge in [0.25, 0.3) is 0 Å². The van der Waals surface area contributed by atoms with Gasteiger partial charge in [-0.2, -0.15) is 0 Å². The second-order valence-corrected chi connectivity index (χ2v) is 4.89. The Bertz CT molecular complexity index is 410. The largest absolute Gasteiger partial charge is 0.381 e. The summed E-state index contributed by atoms with van der Waals surface area (Å²) in [6.07, 6.45) is 1.88. The first-order valence-corrected chi connectivity index (χ1v) is 6.47. The Morgan fingerprint density at radius 1 is 1.32 bits per heavy atom. The van der Waals surface area contributed by atoms with Gasteiger partial charge >= 0.3 is 0 Å². The number of unbranched alkanes of at least 4 members (excludes halogenated alkanes) is 1. The van der Waals surface area contributed by atoms with Gasteiger partial charge in [-0.05, 0) is 40.3 Å². The van der Waals surface area contributed by atoms with E-state index in [0.717, 1.165) is 25.5 Å². The minimum atomic E-state index is -0.832. The molecule has 19 heavy (non-hydrogen) atoms. The zero-order valence-corrected chi connectivity index (χ0v) is 11.7. The summed E-state index contributed by atoms with van der Waals surface area (Å²) in [6.45, 7) is 5.85. The van der Waals surface area contributed by atoms with E-state index >= 15 is 0 Å². The van der Waals surface area contributed by atoms with Gasteiger partial charge in [-0.25, -0.2) is 13.8 Å². The lowest BCUT2D eigenvalue weighted by molar-refractivity contribution is 0.269. The highest BCUT2D eigenvalue weighted by Crippen LogP contribution is 2.16. The fraction of sp³-hybridized carbons (Fsp3) is 0.615. The fourth-order valence-electron chi connectivity index (χ4n) is 1.56. The van der Waals surface area contributed by atoms with Crippen LogP contribution in [0.3, 0.4) is 0 Å². The summed E-state index contributed by atoms with van der Waals surface area (Å²) in [5.74, 6) is -1.83. The minimum Gasteiger partial charge on any atom is -0.381 e. The maximum absolute atomic E-state index is 13.3. The number of hydrogen-bond donors (Lipinski definition) is 2. The monoisotopic (exact) mass is 272 g/mol. The number of anilines is 2. The Morgan fingerprint density at radius 3 is 2.63 bits per heavy atom. The van der Waals surface area contributed by atoms with Gasteiger partial charge in [0.1, 0.15) is 0 Å². The molecule has 1 aromatic rings. The maximum Gasteiger partial charge on any atom is 0.168 e. The third-order valence-electron chi connectivity index (χ3n) is 3.07. The summed E-state index contributed by atoms with van der Waals surface area (Å²) in [5, 5.41) is 2.83. The van der Waals surface area contributed by atoms with Crippen molar-refractivity contribution in [1.82, 2.24) is 9.88 Å². The predicted octanol–water partition coefficient (Wildman–Crippen LogP) is 2.47. The number of nitrogens with zero attached hydrogens (tertiary/aromatic N) is 2. The third kappa shape index (κ3) is 4.98. The summed E-state index contributed by atoms with van der Waals surface area (Å²) in [7, 11) is 2.07. The Balaban J connectivity index is 2.32. The van der Waals surface area contributed by atoms with Crippen molar-refractivity contribution < 1.29 is 8.78 Å². The molecule has 0 aliphatic carbocycles. The number of nitrogens with one attached hydrogen (secondary N) is 1. The molecule has 0 aromatic carbocycles. The average Bonchev–Trinajstić information content (AvgIpc) is 2.34. The van der Waals surface area contributed by atoms with Gasteiger partial charge in [-0.15, -0.1) is 0 Å². The van der Waals surface area contributed by atoms with E-state index in [2.05, 4.69) is 36.1 Å². The molecule has 0 atom stereocenters. The Kier molecular flexibility index (Phi) is 5.95. The zero-order valence-electron chi connectivity index (χ0n) is 11.7. The second kappa shape index (κ2) is 7.23. The van der Waals surface area contributed by atoms with Crippen LogP contribution in [0.2, 0.25) is 0 Å². The summed E-state index contributed by atoms with van der Waals surface area (Å²) < 4.78 is 26.3. The molecule has 0 radical (unpaired) electrons. The zero-order chi connectivity index (χ0) is 14.4. The number of nitrogens with two attached hydrogens (primary N) is 1. The molecule has 0 saturated heterocycles. The Morgan fingerprint density at radius 2 is 2.00 bits per heavy atom. The Hall–Kier alpha value is -1.43. The summed E-state index contributed by atoms with van der Waals surface area (Å²) in [5.41, 5.74) is 5.29. The predicted molar refractivity (Wildman–Crippen MR) is 74.1 cm³/mol. The molecule has 0 bridgehead atoms. The lowest BCUT2D eigenvalue weighted by Crippen LogP contribution is -2.27. The van der Waals surface area contributed by atoms with E-state index in [4.69, 9.17) is 5.73 Å². The molecule has 0 unspecified atom stereocenters. The molecule has 3 N–H and O–H groups in total. The Labute approximate surface area is 113 Å². The van der Waals surface area contributed by atoms with E-state index in [1.165, 1.54) is 0 Å². The van der Waals surface area contributed by atoms with Crippen LogP contribution in [-0.2, 0) is 0 Å². The van der Waals surface area contributed by atoms with Crippen molar-refractivity contribution in [2.45, 2.75) is 32.7 Å². The van der Waals surface area contributed by atoms with Crippen molar-refractivity contribution in [2.75, 3.05) is 31.2 Å². The highest BCUT2D eigenvalue weighted by atomic mass is 19.1. The van der Waals surface area contributed by atoms with Crippen molar-refractivity contribution in [3.8, 4) is 0 Å². The van der Waals surface area contributed by atoms with Gasteiger partial charge in [0, 0.05) is 18.7 Å². The van der Waals surface area contributed by atoms with Crippen molar-refractivity contribution in [1.29, 1.82) is 0 Å². The van der Waals surface area contributed by atoms with Gasteiger partial charge in [0.05, 0.1) is 0 Å². The van der Waals surface area contributed by atoms with E-state index in [1.807, 2.05) is 0 Å². The topological polar surface area (TPSA) is 54.2 Å². The standard InChI is InChI=1S/C13H22F2N4/c1-9(2)19(3)7-5-4-6-17-13-11(15)8-10(14)12(16)18-13/h8-9H,4-7H2,1-3H3,(H3,16,17,18). The average molecular weight is 272 g/mol. The molecule has 0 aliphatic heterocycles. The second-order valence-electron chi connectivity index (χ2n) is 4.89. The number of aromatic nitrogens is 1. The highest BCUT2D eigenvalue weighted by molar-refractivity contribution is 5.44. The minimum absolute atomic E-state index is 0.0103. The molecule has 1 aromatic heterocycles. The number of nitrogen functional groups attached to an aromatic ring is 1. The molecule has 0 spiro atoms. The maximum atomic E-state index is 13.3. The lowest BCUT2D eigenvalue weighted by atomic mass is 10.2. The van der Waals surface area contributed by atoms with Crippen molar-refractivity contribution in [3.05, 3.63) is 17.7 Å². The van der Waals surface area contributed by atoms with Crippen molar-refractivity contribution in [3.63, 3.8) is 0 Å². The van der Waals surface area contributed by atoms with Crippen LogP contribution in [-0.4, -0.2) is 36.1 Å². The molecular weight excluding hydrogens is 250 g/mol. The van der Waals surface area contributed by atoms with Crippen LogP contribution in [0.5, 0.6) is 0 Å². The molecule has 0 amide bonds. The first-order valence-electron chi connectivity index (χ1n) is 6.47. The molecule has 4 nitrogen and oxygen atoms in total. The number of hydrogen-bond acceptors (Lipinski definition) is 4. The van der Waals surface area contributed by atoms with Crippen LogP contribution < -0.4 is 11.1 Å². The van der Waals surface area contributed by atoms with E-state index in [9.17, 15) is 8.78 Å². The van der Waals surface area contributed by atoms with Crippen LogP contribution in [0.1, 0.15) is 26.7 Å². The van der Waals surface area contributed by atoms with Gasteiger partial charge in [-0.1, -0.05) is 0 Å². The van der Waals surface area contributed by atoms with Gasteiger partial charge < -0.3 is 16.0 Å². The van der Waals surface area contributed by atoms with E-state index in [0.29, 0.717) is 12.6 Å². The van der Waals surface area contributed by atoms with Crippen LogP contribution in [0.4, 0.5) is 20.4 Å². The first-order chi connectivity index (χ1) is 8.91. The van der Waals surface area contributed by atoms with E-state index in [-0.39, 0.29) is 11.6 Å². The summed E-state index contributed by atoms with van der Waals surface area (Å²) >= 11 is 0. The van der Waals surface area contributed by atoms with E-state index < -0.39 is 11.6 Å². The van der Waals surface area contributed by atoms with Crippen LogP contribution in [0.25, 0.3) is 0 Å². The molecule has 1 rings (SSSR count). The molecule has 6 heteroatoms. The quantitative estimate of drug-likeness (QED) is 0.749. The number of pyridine rings is 1. The lowest BCUT2D eigenvalue weighted by Gasteiger charge is -2.20. The molecular formula is C13H22F2N4. The highest BCUT2D eigenvalue weighted by Gasteiger charge is 2.09. The normalized spacial score (nSPS) is 11.3. The molecule has 0 aliphatic rings. The fourth-order valence-corrected chi connectivity index (χ4v) is 1.56. The van der Waals surface area contributed by atoms with Gasteiger partial charge in [-0.3, -0.25) is 0 Å². The molecule has 108 valence electrons. The van der Waals surface area contributed by atoms with Crippen molar-refractivity contribution >= 4 is 11.6 Å². The summed E-state index contributed by atoms with van der Waals surface area (Å²) in [4.78, 5) is 5.88. The van der Waals surface area contributed by atoms with Gasteiger partial charge in [0.15, 0.2) is 23.3 Å². The van der Waals surface area contributed by atoms with Gasteiger partial charge in [0.2, 0.25) is 0 Å². The smallest absolute Gasteiger partial charge is 0.168 e. The van der Waals surface area contributed by atoms with E-state index in [1.54, 1.807) is 0 Å². The SMILES string of the molecule is CC(C)N(C)CCCCNc1nc(N)c(F)cc1F. The number of rotatable bonds is 7. The van der Waals surface area contributed by atoms with Crippen LogP contribution in [0.15, 0.2) is 6.07 Å². The molecule has 0 saturated carbocycles. The molecule has 0 fully saturated rings. The third-order valence-corrected chi connectivity index (χ3v) is 3.07. The van der Waals surface area contributed by atoms with Crippen LogP contribution >= 0.6 is 0 Å². The summed E-state index contributed by atoms with van der Waals surface area (Å²) in [6, 6.07) is 1.26. The van der Waals surface area contributed by atoms with Crippen LogP contribution in [0, 0.1) is 11.6 Å². The first kappa shape index (κ1) is 15.6.